The zero-order chi connectivity index (χ0) is 13.6. The number of nitrogens with zero attached hydrogens (tertiary/aromatic N) is 2. The number of fused-ring (bicyclic) bond motifs is 1. The lowest BCUT2D eigenvalue weighted by molar-refractivity contribution is 0.0697. The summed E-state index contributed by atoms with van der Waals surface area (Å²) in [6.07, 6.45) is 2.22. The Hall–Kier alpha value is -2.04. The Morgan fingerprint density at radius 1 is 1.47 bits per heavy atom. The van der Waals surface area contributed by atoms with Crippen molar-refractivity contribution in [3.63, 3.8) is 0 Å². The molecule has 1 fully saturated rings. The van der Waals surface area contributed by atoms with Crippen molar-refractivity contribution in [3.8, 4) is 0 Å². The molecule has 0 amide bonds. The topological polar surface area (TPSA) is 66.6 Å². The number of carboxylic acids is 1. The molecule has 5 nitrogen and oxygen atoms in total. The molecule has 1 N–H and O–H groups in total. The van der Waals surface area contributed by atoms with E-state index in [0.29, 0.717) is 17.1 Å². The summed E-state index contributed by atoms with van der Waals surface area (Å²) in [5, 5.41) is 8.97. The van der Waals surface area contributed by atoms with E-state index in [1.807, 2.05) is 0 Å². The Bertz CT molecular complexity index is 645. The van der Waals surface area contributed by atoms with Gasteiger partial charge in [-0.25, -0.2) is 4.79 Å². The van der Waals surface area contributed by atoms with Crippen LogP contribution < -0.4 is 4.90 Å². The van der Waals surface area contributed by atoms with Gasteiger partial charge >= 0.3 is 5.97 Å². The van der Waals surface area contributed by atoms with Gasteiger partial charge in [0.2, 0.25) is 0 Å². The van der Waals surface area contributed by atoms with Crippen LogP contribution in [0.15, 0.2) is 22.6 Å². The van der Waals surface area contributed by atoms with E-state index in [0.717, 1.165) is 19.4 Å². The van der Waals surface area contributed by atoms with Crippen LogP contribution in [0.5, 0.6) is 0 Å². The van der Waals surface area contributed by atoms with Gasteiger partial charge < -0.3 is 14.4 Å². The maximum absolute atomic E-state index is 10.9. The van der Waals surface area contributed by atoms with Gasteiger partial charge in [-0.2, -0.15) is 4.98 Å². The minimum atomic E-state index is -0.957. The van der Waals surface area contributed by atoms with Gasteiger partial charge in [-0.05, 0) is 44.9 Å². The molecular formula is C14H16N2O3. The Balaban J connectivity index is 2.04. The fraction of sp³-hybridized carbons (Fsp3) is 0.429. The molecule has 2 aromatic rings. The van der Waals surface area contributed by atoms with Crippen LogP contribution in [0.3, 0.4) is 0 Å². The third-order valence-corrected chi connectivity index (χ3v) is 3.76. The van der Waals surface area contributed by atoms with E-state index in [4.69, 9.17) is 9.52 Å². The highest BCUT2D eigenvalue weighted by molar-refractivity contribution is 5.92. The average Bonchev–Trinajstić information content (AvgIpc) is 2.89. The summed E-state index contributed by atoms with van der Waals surface area (Å²) in [5.74, 6) is -0.957. The quantitative estimate of drug-likeness (QED) is 0.899. The third-order valence-electron chi connectivity index (χ3n) is 3.76. The Morgan fingerprint density at radius 2 is 2.26 bits per heavy atom. The summed E-state index contributed by atoms with van der Waals surface area (Å²) >= 11 is 0. The van der Waals surface area contributed by atoms with Gasteiger partial charge in [-0.15, -0.1) is 0 Å². The molecule has 0 bridgehead atoms. The fourth-order valence-corrected chi connectivity index (χ4v) is 2.62. The normalized spacial score (nSPS) is 18.1. The van der Waals surface area contributed by atoms with Crippen molar-refractivity contribution in [2.75, 3.05) is 11.4 Å². The van der Waals surface area contributed by atoms with E-state index < -0.39 is 5.97 Å². The third kappa shape index (κ3) is 1.95. The second-order valence-electron chi connectivity index (χ2n) is 5.55. The zero-order valence-electron chi connectivity index (χ0n) is 11.0. The summed E-state index contributed by atoms with van der Waals surface area (Å²) in [4.78, 5) is 17.5. The van der Waals surface area contributed by atoms with Crippen LogP contribution in [0.4, 0.5) is 6.01 Å². The van der Waals surface area contributed by atoms with Crippen LogP contribution >= 0.6 is 0 Å². The first-order chi connectivity index (χ1) is 8.97. The van der Waals surface area contributed by atoms with Crippen LogP contribution in [0, 0.1) is 0 Å². The number of hydrogen-bond donors (Lipinski definition) is 1. The number of rotatable bonds is 2. The van der Waals surface area contributed by atoms with Crippen molar-refractivity contribution in [2.24, 2.45) is 0 Å². The van der Waals surface area contributed by atoms with Crippen molar-refractivity contribution < 1.29 is 14.3 Å². The molecule has 1 aromatic carbocycles. The van der Waals surface area contributed by atoms with Gasteiger partial charge in [-0.3, -0.25) is 0 Å². The molecule has 0 aliphatic carbocycles. The van der Waals surface area contributed by atoms with Gasteiger partial charge in [0.25, 0.3) is 6.01 Å². The Kier molecular flexibility index (Phi) is 2.52. The summed E-state index contributed by atoms with van der Waals surface area (Å²) in [5.41, 5.74) is 1.48. The van der Waals surface area contributed by atoms with Gasteiger partial charge in [0, 0.05) is 12.1 Å². The highest BCUT2D eigenvalue weighted by Gasteiger charge is 2.34. The van der Waals surface area contributed by atoms with Gasteiger partial charge in [-0.1, -0.05) is 0 Å². The molecule has 1 aromatic heterocycles. The highest BCUT2D eigenvalue weighted by Crippen LogP contribution is 2.34. The number of carbonyl (C=O) groups is 1. The molecule has 19 heavy (non-hydrogen) atoms. The first-order valence-electron chi connectivity index (χ1n) is 6.39. The van der Waals surface area contributed by atoms with E-state index in [1.165, 1.54) is 6.07 Å². The minimum Gasteiger partial charge on any atom is -0.478 e. The van der Waals surface area contributed by atoms with E-state index in [9.17, 15) is 4.79 Å². The molecule has 0 spiro atoms. The molecular weight excluding hydrogens is 244 g/mol. The molecule has 3 rings (SSSR count). The maximum Gasteiger partial charge on any atom is 0.335 e. The highest BCUT2D eigenvalue weighted by atomic mass is 16.4. The molecule has 1 aliphatic heterocycles. The van der Waals surface area contributed by atoms with E-state index >= 15 is 0 Å². The summed E-state index contributed by atoms with van der Waals surface area (Å²) in [6.45, 7) is 5.25. The minimum absolute atomic E-state index is 0.0382. The molecule has 0 radical (unpaired) electrons. The van der Waals surface area contributed by atoms with Crippen molar-refractivity contribution in [3.05, 3.63) is 23.8 Å². The molecule has 0 unspecified atom stereocenters. The first-order valence-corrected chi connectivity index (χ1v) is 6.39. The van der Waals surface area contributed by atoms with Crippen molar-refractivity contribution in [2.45, 2.75) is 32.2 Å². The number of carboxylic acid groups (broad SMARTS) is 1. The van der Waals surface area contributed by atoms with Crippen molar-refractivity contribution in [1.29, 1.82) is 0 Å². The van der Waals surface area contributed by atoms with Crippen molar-refractivity contribution >= 4 is 23.1 Å². The molecule has 100 valence electrons. The van der Waals surface area contributed by atoms with Gasteiger partial charge in [0.1, 0.15) is 5.52 Å². The van der Waals surface area contributed by atoms with Crippen LogP contribution in [0.25, 0.3) is 11.1 Å². The van der Waals surface area contributed by atoms with E-state index in [2.05, 4.69) is 23.7 Å². The molecule has 1 saturated heterocycles. The number of aromatic nitrogens is 1. The Labute approximate surface area is 110 Å². The molecule has 1 aliphatic rings. The lowest BCUT2D eigenvalue weighted by Crippen LogP contribution is -2.38. The maximum atomic E-state index is 10.9. The van der Waals surface area contributed by atoms with E-state index in [-0.39, 0.29) is 11.1 Å². The van der Waals surface area contributed by atoms with Crippen LogP contribution in [-0.2, 0) is 0 Å². The van der Waals surface area contributed by atoms with Crippen LogP contribution in [-0.4, -0.2) is 28.1 Å². The lowest BCUT2D eigenvalue weighted by Gasteiger charge is -2.29. The van der Waals surface area contributed by atoms with Gasteiger partial charge in [0.05, 0.1) is 5.56 Å². The average molecular weight is 260 g/mol. The van der Waals surface area contributed by atoms with Crippen LogP contribution in [0.2, 0.25) is 0 Å². The monoisotopic (exact) mass is 260 g/mol. The summed E-state index contributed by atoms with van der Waals surface area (Å²) in [6, 6.07) is 5.35. The molecule has 5 heteroatoms. The predicted octanol–water partition coefficient (Wildman–Crippen LogP) is 2.90. The first kappa shape index (κ1) is 12.0. The number of aromatic carboxylic acids is 1. The molecule has 2 heterocycles. The number of hydrogen-bond acceptors (Lipinski definition) is 4. The predicted molar refractivity (Wildman–Crippen MR) is 71.6 cm³/mol. The smallest absolute Gasteiger partial charge is 0.335 e. The fourth-order valence-electron chi connectivity index (χ4n) is 2.62. The largest absolute Gasteiger partial charge is 0.478 e. The van der Waals surface area contributed by atoms with Crippen LogP contribution in [0.1, 0.15) is 37.0 Å². The number of benzene rings is 1. The standard InChI is InChI=1S/C14H16N2O3/c1-14(2)6-3-7-16(14)13-15-10-5-4-9(12(17)18)8-11(10)19-13/h4-5,8H,3,6-7H2,1-2H3,(H,17,18). The zero-order valence-corrected chi connectivity index (χ0v) is 11.0. The summed E-state index contributed by atoms with van der Waals surface area (Å²) in [7, 11) is 0. The number of anilines is 1. The molecule has 0 atom stereocenters. The second-order valence-corrected chi connectivity index (χ2v) is 5.55. The van der Waals surface area contributed by atoms with Crippen molar-refractivity contribution in [1.82, 2.24) is 4.98 Å². The SMILES string of the molecule is CC1(C)CCCN1c1nc2ccc(C(=O)O)cc2o1. The molecule has 0 saturated carbocycles. The lowest BCUT2D eigenvalue weighted by atomic mass is 10.0. The van der Waals surface area contributed by atoms with E-state index in [1.54, 1.807) is 12.1 Å². The Morgan fingerprint density at radius 3 is 2.89 bits per heavy atom. The number of oxazole rings is 1. The van der Waals surface area contributed by atoms with Gasteiger partial charge in [0.15, 0.2) is 5.58 Å². The second kappa shape index (κ2) is 3.98. The summed E-state index contributed by atoms with van der Waals surface area (Å²) < 4.78 is 5.73.